The van der Waals surface area contributed by atoms with Crippen molar-refractivity contribution in [1.29, 1.82) is 0 Å². The molecule has 0 saturated carbocycles. The van der Waals surface area contributed by atoms with Crippen molar-refractivity contribution in [2.75, 3.05) is 0 Å². The van der Waals surface area contributed by atoms with Crippen LogP contribution in [-0.4, -0.2) is 19.8 Å². The molecule has 0 saturated heterocycles. The molecule has 2 aromatic carbocycles. The summed E-state index contributed by atoms with van der Waals surface area (Å²) >= 11 is 7.46. The Kier molecular flexibility index (Phi) is 5.09. The summed E-state index contributed by atoms with van der Waals surface area (Å²) in [6.07, 6.45) is 0.998. The standard InChI is InChI=1S/C20H16ClFN4S/c1-2-13-6-8-14(9-7-13)18-10-11-19-23-24-20(26(19)25-18)27-12-15-16(21)4-3-5-17(15)22/h3-11H,2,12H2,1H3. The van der Waals surface area contributed by atoms with E-state index in [1.807, 2.05) is 12.1 Å². The van der Waals surface area contributed by atoms with E-state index in [4.69, 9.17) is 11.6 Å². The van der Waals surface area contributed by atoms with Gasteiger partial charge >= 0.3 is 0 Å². The van der Waals surface area contributed by atoms with E-state index in [2.05, 4.69) is 46.5 Å². The lowest BCUT2D eigenvalue weighted by molar-refractivity contribution is 0.617. The van der Waals surface area contributed by atoms with Gasteiger partial charge in [0.25, 0.3) is 0 Å². The molecule has 27 heavy (non-hydrogen) atoms. The van der Waals surface area contributed by atoms with E-state index in [1.165, 1.54) is 23.4 Å². The van der Waals surface area contributed by atoms with Crippen LogP contribution in [0.25, 0.3) is 16.9 Å². The van der Waals surface area contributed by atoms with Crippen molar-refractivity contribution < 1.29 is 4.39 Å². The summed E-state index contributed by atoms with van der Waals surface area (Å²) in [4.78, 5) is 0. The first-order valence-corrected chi connectivity index (χ1v) is 9.89. The maximum atomic E-state index is 14.0. The topological polar surface area (TPSA) is 43.1 Å². The van der Waals surface area contributed by atoms with Crippen molar-refractivity contribution in [3.63, 3.8) is 0 Å². The zero-order valence-corrected chi connectivity index (χ0v) is 16.1. The average molecular weight is 399 g/mol. The molecule has 0 radical (unpaired) electrons. The summed E-state index contributed by atoms with van der Waals surface area (Å²) in [5.41, 5.74) is 4.23. The minimum atomic E-state index is -0.325. The number of thioether (sulfide) groups is 1. The first-order valence-electron chi connectivity index (χ1n) is 8.53. The third-order valence-electron chi connectivity index (χ3n) is 4.30. The first-order chi connectivity index (χ1) is 13.2. The number of nitrogens with zero attached hydrogens (tertiary/aromatic N) is 4. The van der Waals surface area contributed by atoms with Gasteiger partial charge in [0.05, 0.1) is 5.69 Å². The number of rotatable bonds is 5. The second-order valence-electron chi connectivity index (χ2n) is 6.01. The van der Waals surface area contributed by atoms with Gasteiger partial charge in [0, 0.05) is 21.9 Å². The smallest absolute Gasteiger partial charge is 0.207 e. The highest BCUT2D eigenvalue weighted by atomic mass is 35.5. The van der Waals surface area contributed by atoms with Crippen LogP contribution in [0.5, 0.6) is 0 Å². The van der Waals surface area contributed by atoms with Crippen molar-refractivity contribution in [3.8, 4) is 11.3 Å². The molecule has 4 aromatic rings. The van der Waals surface area contributed by atoms with Crippen LogP contribution < -0.4 is 0 Å². The molecule has 0 fully saturated rings. The number of benzene rings is 2. The quantitative estimate of drug-likeness (QED) is 0.420. The molecular formula is C20H16ClFN4S. The lowest BCUT2D eigenvalue weighted by Crippen LogP contribution is -1.97. The highest BCUT2D eigenvalue weighted by Crippen LogP contribution is 2.28. The van der Waals surface area contributed by atoms with Gasteiger partial charge in [-0.2, -0.15) is 9.61 Å². The Hall–Kier alpha value is -2.44. The van der Waals surface area contributed by atoms with Gasteiger partial charge in [-0.15, -0.1) is 10.2 Å². The Morgan fingerprint density at radius 1 is 1.04 bits per heavy atom. The minimum absolute atomic E-state index is 0.325. The van der Waals surface area contributed by atoms with Gasteiger partial charge in [0.1, 0.15) is 5.82 Å². The number of aromatic nitrogens is 4. The van der Waals surface area contributed by atoms with Crippen LogP contribution in [0.2, 0.25) is 5.02 Å². The summed E-state index contributed by atoms with van der Waals surface area (Å²) < 4.78 is 15.7. The number of aryl methyl sites for hydroxylation is 1. The third kappa shape index (κ3) is 3.68. The van der Waals surface area contributed by atoms with Gasteiger partial charge in [-0.05, 0) is 36.2 Å². The van der Waals surface area contributed by atoms with Gasteiger partial charge in [0.2, 0.25) is 5.16 Å². The van der Waals surface area contributed by atoms with E-state index in [-0.39, 0.29) is 5.82 Å². The van der Waals surface area contributed by atoms with Crippen molar-refractivity contribution in [3.05, 3.63) is 76.6 Å². The summed E-state index contributed by atoms with van der Waals surface area (Å²) in [5, 5.41) is 14.0. The highest BCUT2D eigenvalue weighted by molar-refractivity contribution is 7.98. The van der Waals surface area contributed by atoms with Crippen molar-refractivity contribution in [2.24, 2.45) is 0 Å². The molecule has 0 aliphatic rings. The maximum absolute atomic E-state index is 14.0. The van der Waals surface area contributed by atoms with Crippen LogP contribution >= 0.6 is 23.4 Å². The molecule has 0 bridgehead atoms. The highest BCUT2D eigenvalue weighted by Gasteiger charge is 2.13. The molecule has 4 rings (SSSR count). The van der Waals surface area contributed by atoms with Gasteiger partial charge in [-0.3, -0.25) is 0 Å². The van der Waals surface area contributed by atoms with Crippen molar-refractivity contribution in [2.45, 2.75) is 24.3 Å². The number of fused-ring (bicyclic) bond motifs is 1. The van der Waals surface area contributed by atoms with E-state index in [9.17, 15) is 4.39 Å². The van der Waals surface area contributed by atoms with Crippen LogP contribution in [0, 0.1) is 5.82 Å². The number of halogens is 2. The van der Waals surface area contributed by atoms with Gasteiger partial charge < -0.3 is 0 Å². The molecule has 7 heteroatoms. The average Bonchev–Trinajstić information content (AvgIpc) is 3.10. The monoisotopic (exact) mass is 398 g/mol. The molecule has 0 N–H and O–H groups in total. The fourth-order valence-electron chi connectivity index (χ4n) is 2.73. The Labute approximate surface area is 165 Å². The first kappa shape index (κ1) is 17.9. The van der Waals surface area contributed by atoms with Crippen molar-refractivity contribution >= 4 is 29.0 Å². The van der Waals surface area contributed by atoms with Crippen LogP contribution in [0.15, 0.2) is 59.8 Å². The predicted molar refractivity (Wildman–Crippen MR) is 107 cm³/mol. The Morgan fingerprint density at radius 3 is 2.59 bits per heavy atom. The Balaban J connectivity index is 1.64. The largest absolute Gasteiger partial charge is 0.212 e. The van der Waals surface area contributed by atoms with Crippen LogP contribution in [0.4, 0.5) is 4.39 Å². The summed E-state index contributed by atoms with van der Waals surface area (Å²) in [7, 11) is 0. The summed E-state index contributed by atoms with van der Waals surface area (Å²) in [5.74, 6) is 0.0251. The van der Waals surface area contributed by atoms with E-state index in [1.54, 1.807) is 16.6 Å². The van der Waals surface area contributed by atoms with Gasteiger partial charge in [-0.25, -0.2) is 4.39 Å². The van der Waals surface area contributed by atoms with E-state index in [0.717, 1.165) is 17.7 Å². The molecule has 0 atom stereocenters. The Morgan fingerprint density at radius 2 is 1.85 bits per heavy atom. The molecule has 0 aliphatic heterocycles. The van der Waals surface area contributed by atoms with Crippen LogP contribution in [-0.2, 0) is 12.2 Å². The maximum Gasteiger partial charge on any atom is 0.212 e. The molecule has 136 valence electrons. The Bertz CT molecular complexity index is 1070. The SMILES string of the molecule is CCc1ccc(-c2ccc3nnc(SCc4c(F)cccc4Cl)n3n2)cc1. The van der Waals surface area contributed by atoms with E-state index in [0.29, 0.717) is 27.1 Å². The molecule has 4 nitrogen and oxygen atoms in total. The predicted octanol–water partition coefficient (Wildman–Crippen LogP) is 5.44. The number of hydrogen-bond acceptors (Lipinski definition) is 4. The summed E-state index contributed by atoms with van der Waals surface area (Å²) in [6.45, 7) is 2.13. The van der Waals surface area contributed by atoms with E-state index < -0.39 is 0 Å². The lowest BCUT2D eigenvalue weighted by Gasteiger charge is -2.06. The normalized spacial score (nSPS) is 11.2. The van der Waals surface area contributed by atoms with Crippen LogP contribution in [0.3, 0.4) is 0 Å². The van der Waals surface area contributed by atoms with Gasteiger partial charge in [-0.1, -0.05) is 60.6 Å². The van der Waals surface area contributed by atoms with Crippen LogP contribution in [0.1, 0.15) is 18.1 Å². The molecule has 0 spiro atoms. The second-order valence-corrected chi connectivity index (χ2v) is 7.36. The van der Waals surface area contributed by atoms with Gasteiger partial charge in [0.15, 0.2) is 5.65 Å². The van der Waals surface area contributed by atoms with E-state index >= 15 is 0 Å². The molecular weight excluding hydrogens is 383 g/mol. The molecule has 2 heterocycles. The summed E-state index contributed by atoms with van der Waals surface area (Å²) in [6, 6.07) is 16.8. The lowest BCUT2D eigenvalue weighted by atomic mass is 10.1. The minimum Gasteiger partial charge on any atom is -0.207 e. The molecule has 0 amide bonds. The molecule has 0 aliphatic carbocycles. The third-order valence-corrected chi connectivity index (χ3v) is 5.60. The zero-order chi connectivity index (χ0) is 18.8. The molecule has 0 unspecified atom stereocenters. The zero-order valence-electron chi connectivity index (χ0n) is 14.6. The van der Waals surface area contributed by atoms with Crippen molar-refractivity contribution in [1.82, 2.24) is 19.8 Å². The fraction of sp³-hybridized carbons (Fsp3) is 0.150. The second kappa shape index (κ2) is 7.66. The number of hydrogen-bond donors (Lipinski definition) is 0. The fourth-order valence-corrected chi connectivity index (χ4v) is 3.96. The molecule has 2 aromatic heterocycles.